The topological polar surface area (TPSA) is 61.8 Å². The van der Waals surface area contributed by atoms with E-state index in [1.807, 2.05) is 0 Å². The average molecular weight is 891 g/mol. The van der Waals surface area contributed by atoms with Crippen LogP contribution in [0.2, 0.25) is 0 Å². The van der Waals surface area contributed by atoms with Crippen molar-refractivity contribution < 1.29 is 23.8 Å². The largest absolute Gasteiger partial charge is 0.463 e. The fourth-order valence-corrected chi connectivity index (χ4v) is 7.43. The van der Waals surface area contributed by atoms with Gasteiger partial charge in [0.1, 0.15) is 19.3 Å². The van der Waals surface area contributed by atoms with Crippen molar-refractivity contribution in [2.24, 2.45) is 0 Å². The van der Waals surface area contributed by atoms with Crippen LogP contribution < -0.4 is 0 Å². The molecule has 0 rings (SSSR count). The molecule has 0 fully saturated rings. The minimum atomic E-state index is -0.420. The van der Waals surface area contributed by atoms with Crippen LogP contribution in [0.15, 0.2) is 85.1 Å². The molecule has 0 spiro atoms. The second kappa shape index (κ2) is 54.4. The van der Waals surface area contributed by atoms with Gasteiger partial charge in [-0.3, -0.25) is 9.59 Å². The van der Waals surface area contributed by atoms with Crippen molar-refractivity contribution >= 4 is 11.9 Å². The molecule has 0 saturated carbocycles. The van der Waals surface area contributed by atoms with Crippen LogP contribution in [-0.2, 0) is 23.8 Å². The highest BCUT2D eigenvalue weighted by Gasteiger charge is 2.16. The van der Waals surface area contributed by atoms with Crippen molar-refractivity contribution in [3.63, 3.8) is 0 Å². The number of allylic oxidation sites excluding steroid dienone is 14. The fourth-order valence-electron chi connectivity index (χ4n) is 7.43. The van der Waals surface area contributed by atoms with E-state index in [2.05, 4.69) is 106 Å². The maximum absolute atomic E-state index is 12.6. The van der Waals surface area contributed by atoms with Gasteiger partial charge in [0.25, 0.3) is 0 Å². The molecule has 64 heavy (non-hydrogen) atoms. The molecule has 0 bridgehead atoms. The zero-order chi connectivity index (χ0) is 46.3. The molecule has 0 saturated heterocycles. The van der Waals surface area contributed by atoms with E-state index < -0.39 is 6.10 Å². The Hall–Kier alpha value is -2.92. The maximum Gasteiger partial charge on any atom is 0.305 e. The number of rotatable bonds is 49. The number of esters is 2. The van der Waals surface area contributed by atoms with E-state index in [4.69, 9.17) is 14.2 Å². The molecule has 0 aliphatic carbocycles. The Kier molecular flexibility index (Phi) is 51.9. The molecule has 0 amide bonds. The van der Waals surface area contributed by atoms with Gasteiger partial charge in [0.15, 0.2) is 0 Å². The summed E-state index contributed by atoms with van der Waals surface area (Å²) >= 11 is 0. The zero-order valence-corrected chi connectivity index (χ0v) is 42.3. The number of unbranched alkanes of at least 4 members (excludes halogenated alkanes) is 24. The van der Waals surface area contributed by atoms with Gasteiger partial charge in [-0.2, -0.15) is 0 Å². The molecule has 0 aromatic heterocycles. The lowest BCUT2D eigenvalue weighted by molar-refractivity contribution is -0.155. The Morgan fingerprint density at radius 1 is 0.344 bits per heavy atom. The summed E-state index contributed by atoms with van der Waals surface area (Å²) in [7, 11) is 0. The summed E-state index contributed by atoms with van der Waals surface area (Å²) in [5, 5.41) is 0. The van der Waals surface area contributed by atoms with Gasteiger partial charge in [-0.25, -0.2) is 0 Å². The van der Waals surface area contributed by atoms with E-state index >= 15 is 0 Å². The summed E-state index contributed by atoms with van der Waals surface area (Å²) in [6.07, 6.45) is 71.9. The predicted octanol–water partition coefficient (Wildman–Crippen LogP) is 18.5. The summed E-state index contributed by atoms with van der Waals surface area (Å²) in [5.74, 6) is -0.377. The van der Waals surface area contributed by atoms with Crippen molar-refractivity contribution in [2.75, 3.05) is 19.8 Å². The first-order chi connectivity index (χ1) is 31.6. The Bertz CT molecular complexity index is 1190. The third kappa shape index (κ3) is 51.7. The van der Waals surface area contributed by atoms with Crippen LogP contribution in [0.25, 0.3) is 0 Å². The fraction of sp³-hybridized carbons (Fsp3) is 0.729. The molecule has 1 atom stereocenters. The van der Waals surface area contributed by atoms with Gasteiger partial charge < -0.3 is 14.2 Å². The van der Waals surface area contributed by atoms with E-state index in [-0.39, 0.29) is 25.2 Å². The Balaban J connectivity index is 4.33. The highest BCUT2D eigenvalue weighted by molar-refractivity contribution is 5.69. The second-order valence-electron chi connectivity index (χ2n) is 17.7. The summed E-state index contributed by atoms with van der Waals surface area (Å²) in [6, 6.07) is 0. The van der Waals surface area contributed by atoms with Crippen LogP contribution in [-0.4, -0.2) is 37.9 Å². The van der Waals surface area contributed by atoms with Crippen LogP contribution >= 0.6 is 0 Å². The summed E-state index contributed by atoms with van der Waals surface area (Å²) in [5.41, 5.74) is 0. The Morgan fingerprint density at radius 3 is 1.00 bits per heavy atom. The number of ether oxygens (including phenoxy) is 3. The lowest BCUT2D eigenvalue weighted by Crippen LogP contribution is -2.29. The molecular weight excluding hydrogens is 789 g/mol. The van der Waals surface area contributed by atoms with Crippen molar-refractivity contribution in [3.8, 4) is 0 Å². The molecule has 5 nitrogen and oxygen atoms in total. The molecule has 0 aromatic rings. The van der Waals surface area contributed by atoms with Crippen LogP contribution in [0.5, 0.6) is 0 Å². The van der Waals surface area contributed by atoms with Crippen molar-refractivity contribution in [2.45, 2.75) is 258 Å². The van der Waals surface area contributed by atoms with Gasteiger partial charge in [0, 0.05) is 19.4 Å². The van der Waals surface area contributed by atoms with E-state index in [9.17, 15) is 9.59 Å². The van der Waals surface area contributed by atoms with Gasteiger partial charge in [0.2, 0.25) is 0 Å². The number of carbonyl (C=O) groups excluding carboxylic acids is 2. The molecule has 0 aliphatic heterocycles. The van der Waals surface area contributed by atoms with Crippen LogP contribution in [0.3, 0.4) is 0 Å². The molecule has 0 aliphatic rings. The smallest absolute Gasteiger partial charge is 0.305 e. The van der Waals surface area contributed by atoms with Gasteiger partial charge in [0.05, 0.1) is 0 Å². The highest BCUT2D eigenvalue weighted by Crippen LogP contribution is 2.15. The second-order valence-corrected chi connectivity index (χ2v) is 17.7. The summed E-state index contributed by atoms with van der Waals surface area (Å²) in [4.78, 5) is 25.3. The molecule has 0 radical (unpaired) electrons. The molecule has 0 aromatic carbocycles. The summed E-state index contributed by atoms with van der Waals surface area (Å²) < 4.78 is 17.4. The maximum atomic E-state index is 12.6. The minimum absolute atomic E-state index is 0.137. The third-order valence-electron chi connectivity index (χ3n) is 11.5. The predicted molar refractivity (Wildman–Crippen MR) is 279 cm³/mol. The van der Waals surface area contributed by atoms with Crippen molar-refractivity contribution in [1.82, 2.24) is 0 Å². The third-order valence-corrected chi connectivity index (χ3v) is 11.5. The van der Waals surface area contributed by atoms with Gasteiger partial charge in [-0.15, -0.1) is 0 Å². The molecule has 0 heterocycles. The lowest BCUT2D eigenvalue weighted by atomic mass is 10.0. The van der Waals surface area contributed by atoms with Crippen molar-refractivity contribution in [1.29, 1.82) is 0 Å². The quantitative estimate of drug-likeness (QED) is 0.0346. The van der Waals surface area contributed by atoms with Crippen LogP contribution in [0.4, 0.5) is 0 Å². The van der Waals surface area contributed by atoms with Crippen molar-refractivity contribution in [3.05, 3.63) is 85.1 Å². The lowest BCUT2D eigenvalue weighted by Gasteiger charge is -2.18. The standard InChI is InChI=1S/C59H102O5/c1-4-7-10-13-16-19-22-25-28-30-32-35-38-41-44-47-50-53-59(61)64-56-57(62-54-51-48-45-42-39-36-33-29-26-23-20-17-14-11-8-5-2)55-63-58(60)52-49-46-43-40-37-34-31-27-24-21-18-15-12-9-6-3/h7,9-10,12,16,18-19,21,25,27-28,31-32,35,57H,4-6,8,11,13-15,17,20,22-24,26,29-30,33-34,36-56H2,1-3H3/b10-7-,12-9-,19-16-,21-18-,28-25-,31-27-,35-32-/t57-/m0/s1. The van der Waals surface area contributed by atoms with E-state index in [0.717, 1.165) is 116 Å². The summed E-state index contributed by atoms with van der Waals surface area (Å²) in [6.45, 7) is 7.48. The number of hydrogen-bond donors (Lipinski definition) is 0. The van der Waals surface area contributed by atoms with Gasteiger partial charge in [-0.05, 0) is 89.9 Å². The first-order valence-corrected chi connectivity index (χ1v) is 27.1. The molecule has 0 N–H and O–H groups in total. The molecule has 5 heteroatoms. The number of carbonyl (C=O) groups is 2. The first kappa shape index (κ1) is 61.1. The van der Waals surface area contributed by atoms with E-state index in [1.54, 1.807) is 0 Å². The number of hydrogen-bond acceptors (Lipinski definition) is 5. The van der Waals surface area contributed by atoms with Gasteiger partial charge >= 0.3 is 11.9 Å². The first-order valence-electron chi connectivity index (χ1n) is 27.1. The Morgan fingerprint density at radius 2 is 0.641 bits per heavy atom. The normalized spacial score (nSPS) is 12.9. The SMILES string of the molecule is CC/C=C\C/C=C\C/C=C\C/C=C\CCCCCCC(=O)OC[C@H](COC(=O)CCCCCCC/C=C\C/C=C\C/C=C\CC)OCCCCCCCCCCCCCCCCCC. The minimum Gasteiger partial charge on any atom is -0.463 e. The monoisotopic (exact) mass is 891 g/mol. The van der Waals surface area contributed by atoms with Crippen LogP contribution in [0, 0.1) is 0 Å². The highest BCUT2D eigenvalue weighted by atomic mass is 16.6. The molecule has 368 valence electrons. The molecule has 0 unspecified atom stereocenters. The molecular formula is C59H102O5. The Labute approximate surface area is 397 Å². The van der Waals surface area contributed by atoms with Crippen LogP contribution in [0.1, 0.15) is 252 Å². The van der Waals surface area contributed by atoms with E-state index in [0.29, 0.717) is 19.4 Å². The van der Waals surface area contributed by atoms with Gasteiger partial charge in [-0.1, -0.05) is 234 Å². The van der Waals surface area contributed by atoms with E-state index in [1.165, 1.54) is 103 Å². The zero-order valence-electron chi connectivity index (χ0n) is 42.3. The average Bonchev–Trinajstić information content (AvgIpc) is 3.30.